The normalized spacial score (nSPS) is 27.9. The fraction of sp³-hybridized carbons (Fsp3) is 0.889. The van der Waals surface area contributed by atoms with E-state index in [0.717, 1.165) is 11.2 Å². The minimum atomic E-state index is -4.75. The topological polar surface area (TPSA) is 114 Å². The number of tetrazole rings is 1. The number of amides is 2. The molecule has 4 fully saturated rings. The third-order valence-electron chi connectivity index (χ3n) is 9.62. The van der Waals surface area contributed by atoms with Crippen molar-refractivity contribution in [1.82, 2.24) is 30.0 Å². The molecule has 1 aromatic heterocycles. The van der Waals surface area contributed by atoms with Crippen LogP contribution in [0.4, 0.5) is 26.7 Å². The van der Waals surface area contributed by atoms with E-state index in [1.807, 2.05) is 0 Å². The van der Waals surface area contributed by atoms with Crippen LogP contribution in [0.5, 0.6) is 0 Å². The lowest BCUT2D eigenvalue weighted by molar-refractivity contribution is -0.207. The van der Waals surface area contributed by atoms with Crippen molar-refractivity contribution in [2.45, 2.75) is 126 Å². The van der Waals surface area contributed by atoms with E-state index in [0.29, 0.717) is 12.8 Å². The molecular formula is C27H39F5N6O4. The number of rotatable bonds is 3. The number of nitrogens with zero attached hydrogens (tertiary/aromatic N) is 6. The summed E-state index contributed by atoms with van der Waals surface area (Å²) in [5.41, 5.74) is -3.80. The van der Waals surface area contributed by atoms with Crippen molar-refractivity contribution in [2.24, 2.45) is 5.41 Å². The molecule has 0 unspecified atom stereocenters. The fourth-order valence-electron chi connectivity index (χ4n) is 6.79. The zero-order valence-corrected chi connectivity index (χ0v) is 24.2. The minimum absolute atomic E-state index is 0.0185. The van der Waals surface area contributed by atoms with Crippen LogP contribution in [-0.4, -0.2) is 96.6 Å². The molecule has 236 valence electrons. The van der Waals surface area contributed by atoms with Crippen molar-refractivity contribution in [3.63, 3.8) is 0 Å². The van der Waals surface area contributed by atoms with E-state index in [1.54, 1.807) is 20.8 Å². The number of piperidine rings is 2. The smallest absolute Gasteiger partial charge is 0.410 e. The number of alkyl halides is 5. The lowest BCUT2D eigenvalue weighted by Gasteiger charge is -2.54. The molecule has 2 amide bonds. The molecule has 3 heterocycles. The van der Waals surface area contributed by atoms with Crippen molar-refractivity contribution in [2.75, 3.05) is 19.6 Å². The number of halogens is 5. The molecular weight excluding hydrogens is 567 g/mol. The van der Waals surface area contributed by atoms with E-state index in [1.165, 1.54) is 9.80 Å². The minimum Gasteiger partial charge on any atom is -0.444 e. The van der Waals surface area contributed by atoms with Crippen LogP contribution >= 0.6 is 0 Å². The van der Waals surface area contributed by atoms with Crippen LogP contribution in [-0.2, 0) is 14.9 Å². The van der Waals surface area contributed by atoms with E-state index in [4.69, 9.17) is 4.74 Å². The molecule has 2 aliphatic carbocycles. The average Bonchev–Trinajstić information content (AvgIpc) is 3.36. The van der Waals surface area contributed by atoms with E-state index in [9.17, 15) is 36.6 Å². The number of aliphatic hydroxyl groups is 1. The van der Waals surface area contributed by atoms with Crippen molar-refractivity contribution < 1.29 is 41.4 Å². The summed E-state index contributed by atoms with van der Waals surface area (Å²) in [7, 11) is 0. The summed E-state index contributed by atoms with van der Waals surface area (Å²) in [5.74, 6) is -3.88. The van der Waals surface area contributed by atoms with Gasteiger partial charge in [-0.05, 0) is 64.5 Å². The van der Waals surface area contributed by atoms with Crippen molar-refractivity contribution in [1.29, 1.82) is 0 Å². The van der Waals surface area contributed by atoms with Crippen molar-refractivity contribution >= 4 is 12.0 Å². The second-order valence-electron chi connectivity index (χ2n) is 13.5. The van der Waals surface area contributed by atoms with Crippen LogP contribution in [0, 0.1) is 5.41 Å². The maximum atomic E-state index is 14.6. The third-order valence-corrected chi connectivity index (χ3v) is 9.62. The first-order valence-electron chi connectivity index (χ1n) is 14.7. The molecule has 0 aromatic carbocycles. The zero-order valence-electron chi connectivity index (χ0n) is 24.2. The Morgan fingerprint density at radius 3 is 2.14 bits per heavy atom. The molecule has 2 aliphatic heterocycles. The highest BCUT2D eigenvalue weighted by molar-refractivity contribution is 5.86. The highest BCUT2D eigenvalue weighted by Crippen LogP contribution is 2.50. The molecule has 42 heavy (non-hydrogen) atoms. The number of carbonyl (C=O) groups excluding carboxylic acids is 2. The number of aromatic nitrogens is 4. The number of hydrogen-bond acceptors (Lipinski definition) is 7. The van der Waals surface area contributed by atoms with Gasteiger partial charge in [-0.2, -0.15) is 18.0 Å². The largest absolute Gasteiger partial charge is 0.444 e. The van der Waals surface area contributed by atoms with E-state index >= 15 is 0 Å². The van der Waals surface area contributed by atoms with Crippen molar-refractivity contribution in [3.05, 3.63) is 5.82 Å². The van der Waals surface area contributed by atoms with E-state index in [2.05, 4.69) is 15.4 Å². The Hall–Kier alpha value is -2.58. The molecule has 10 nitrogen and oxygen atoms in total. The summed E-state index contributed by atoms with van der Waals surface area (Å²) in [4.78, 5) is 30.6. The molecule has 1 spiro atoms. The Morgan fingerprint density at radius 1 is 1.00 bits per heavy atom. The Balaban J connectivity index is 1.32. The van der Waals surface area contributed by atoms with Gasteiger partial charge in [0, 0.05) is 44.3 Å². The van der Waals surface area contributed by atoms with Gasteiger partial charge in [-0.3, -0.25) is 9.69 Å². The molecule has 4 aliphatic rings. The highest BCUT2D eigenvalue weighted by atomic mass is 19.4. The number of aliphatic hydroxyl groups excluding tert-OH is 1. The van der Waals surface area contributed by atoms with Crippen molar-refractivity contribution in [3.8, 4) is 0 Å². The number of likely N-dealkylation sites (tertiary alicyclic amines) is 2. The van der Waals surface area contributed by atoms with Crippen LogP contribution in [0.25, 0.3) is 0 Å². The predicted octanol–water partition coefficient (Wildman–Crippen LogP) is 4.39. The molecule has 1 N–H and O–H groups in total. The van der Waals surface area contributed by atoms with Gasteiger partial charge in [-0.25, -0.2) is 13.6 Å². The van der Waals surface area contributed by atoms with Gasteiger partial charge in [-0.1, -0.05) is 6.42 Å². The lowest BCUT2D eigenvalue weighted by Crippen LogP contribution is -2.65. The Labute approximate surface area is 240 Å². The van der Waals surface area contributed by atoms with Crippen LogP contribution in [0.3, 0.4) is 0 Å². The van der Waals surface area contributed by atoms with Gasteiger partial charge in [0.05, 0.1) is 12.1 Å². The standard InChI is InChI=1S/C27H39F5N6O4/c1-23(2,3)42-22(41)37-16-24(7-4-8-24)19(39)15-18(37)20(40)36-13-11-25(12-14-36,27(30,31)32)21-33-35-38(34-21)17-5-9-26(28,29)10-6-17/h17-19,39H,4-16H2,1-3H3/t18-,19+/m0/s1. The summed E-state index contributed by atoms with van der Waals surface area (Å²) < 4.78 is 76.5. The van der Waals surface area contributed by atoms with Gasteiger partial charge in [-0.15, -0.1) is 10.2 Å². The molecule has 2 saturated carbocycles. The molecule has 2 saturated heterocycles. The summed E-state index contributed by atoms with van der Waals surface area (Å²) in [6, 6.07) is -1.63. The molecule has 0 radical (unpaired) electrons. The number of hydrogen-bond donors (Lipinski definition) is 1. The summed E-state index contributed by atoms with van der Waals surface area (Å²) in [6.07, 6.45) is -5.74. The SMILES string of the molecule is CC(C)(C)OC(=O)N1CC2(CCC2)[C@H](O)C[C@H]1C(=O)N1CCC(c2nnn(C3CCC(F)(F)CC3)n2)(C(F)(F)F)CC1. The first kappa shape index (κ1) is 30.9. The van der Waals surface area contributed by atoms with E-state index < -0.39 is 90.2 Å². The molecule has 2 atom stereocenters. The predicted molar refractivity (Wildman–Crippen MR) is 137 cm³/mol. The Morgan fingerprint density at radius 2 is 1.62 bits per heavy atom. The van der Waals surface area contributed by atoms with Gasteiger partial charge in [0.15, 0.2) is 5.82 Å². The molecule has 5 rings (SSSR count). The van der Waals surface area contributed by atoms with Gasteiger partial charge >= 0.3 is 12.3 Å². The van der Waals surface area contributed by atoms with Gasteiger partial charge in [0.1, 0.15) is 17.1 Å². The third kappa shape index (κ3) is 5.69. The molecule has 1 aromatic rings. The van der Waals surface area contributed by atoms with Crippen LogP contribution in [0.1, 0.15) is 96.8 Å². The quantitative estimate of drug-likeness (QED) is 0.508. The monoisotopic (exact) mass is 606 g/mol. The number of ether oxygens (including phenoxy) is 1. The fourth-order valence-corrected chi connectivity index (χ4v) is 6.79. The van der Waals surface area contributed by atoms with Crippen LogP contribution in [0.2, 0.25) is 0 Å². The second-order valence-corrected chi connectivity index (χ2v) is 13.5. The second kappa shape index (κ2) is 10.5. The summed E-state index contributed by atoms with van der Waals surface area (Å²) >= 11 is 0. The van der Waals surface area contributed by atoms with Crippen LogP contribution in [0.15, 0.2) is 0 Å². The zero-order chi connectivity index (χ0) is 30.7. The lowest BCUT2D eigenvalue weighted by atomic mass is 9.61. The maximum Gasteiger partial charge on any atom is 0.410 e. The van der Waals surface area contributed by atoms with E-state index in [-0.39, 0.29) is 38.9 Å². The Kier molecular flexibility index (Phi) is 7.75. The average molecular weight is 607 g/mol. The first-order chi connectivity index (χ1) is 19.5. The van der Waals surface area contributed by atoms with Crippen LogP contribution < -0.4 is 0 Å². The van der Waals surface area contributed by atoms with Gasteiger partial charge < -0.3 is 14.7 Å². The summed E-state index contributed by atoms with van der Waals surface area (Å²) in [6.45, 7) is 4.70. The Bertz CT molecular complexity index is 1160. The molecule has 15 heteroatoms. The maximum absolute atomic E-state index is 14.6. The highest BCUT2D eigenvalue weighted by Gasteiger charge is 2.61. The van der Waals surface area contributed by atoms with Gasteiger partial charge in [0.2, 0.25) is 11.8 Å². The summed E-state index contributed by atoms with van der Waals surface area (Å²) in [5, 5.41) is 22.5. The van der Waals surface area contributed by atoms with Gasteiger partial charge in [0.25, 0.3) is 0 Å². The molecule has 0 bridgehead atoms. The first-order valence-corrected chi connectivity index (χ1v) is 14.7. The number of carbonyl (C=O) groups is 2.